The zero-order valence-electron chi connectivity index (χ0n) is 32.0. The summed E-state index contributed by atoms with van der Waals surface area (Å²) in [4.78, 5) is 17.5. The number of hydrogen-bond acceptors (Lipinski definition) is 6. The lowest BCUT2D eigenvalue weighted by molar-refractivity contribution is 0.129. The fourth-order valence-electron chi connectivity index (χ4n) is 3.43. The number of benzene rings is 1. The Balaban J connectivity index is 1.67. The summed E-state index contributed by atoms with van der Waals surface area (Å²) < 4.78 is 155. The van der Waals surface area contributed by atoms with E-state index in [1.165, 1.54) is 0 Å². The van der Waals surface area contributed by atoms with Crippen molar-refractivity contribution in [3.63, 3.8) is 0 Å². The number of fused-ring (bicyclic) bond motifs is 2. The molecule has 1 fully saturated rings. The van der Waals surface area contributed by atoms with E-state index in [4.69, 9.17) is 26.5 Å². The fraction of sp³-hybridized carbons (Fsp3) is 0.522. The molecule has 0 radical (unpaired) electrons. The van der Waals surface area contributed by atoms with Crippen LogP contribution in [0.25, 0.3) is 11.0 Å². The van der Waals surface area contributed by atoms with Gasteiger partial charge in [0.2, 0.25) is 0 Å². The highest BCUT2D eigenvalue weighted by Crippen LogP contribution is 2.32. The number of aromatic nitrogens is 3. The number of likely N-dealkylation sites (tertiary alicyclic amines) is 1. The van der Waals surface area contributed by atoms with Crippen LogP contribution in [-0.2, 0) is 13.0 Å². The third-order valence-corrected chi connectivity index (χ3v) is 4.98. The molecule has 0 bridgehead atoms. The second kappa shape index (κ2) is 8.16. The van der Waals surface area contributed by atoms with Crippen LogP contribution in [0.2, 0.25) is 0 Å². The van der Waals surface area contributed by atoms with Gasteiger partial charge in [-0.2, -0.15) is 0 Å². The van der Waals surface area contributed by atoms with Crippen LogP contribution in [0.1, 0.15) is 82.3 Å². The van der Waals surface area contributed by atoms with E-state index < -0.39 is 121 Å². The molecule has 2 aliphatic rings. The van der Waals surface area contributed by atoms with E-state index in [0.29, 0.717) is 0 Å². The average Bonchev–Trinajstić information content (AvgIpc) is 3.39. The Hall–Kier alpha value is -2.58. The lowest BCUT2D eigenvalue weighted by Crippen LogP contribution is -2.37. The van der Waals surface area contributed by atoms with Crippen LogP contribution in [0, 0.1) is 12.7 Å². The smallest absolute Gasteiger partial charge is 0.257 e. The van der Waals surface area contributed by atoms with Crippen molar-refractivity contribution in [1.29, 1.82) is 0 Å². The topological polar surface area (TPSA) is 84.4 Å². The van der Waals surface area contributed by atoms with Gasteiger partial charge in [0.1, 0.15) is 17.7 Å². The van der Waals surface area contributed by atoms with Crippen LogP contribution in [0.15, 0.2) is 27.4 Å². The highest BCUT2D eigenvalue weighted by Gasteiger charge is 2.26. The predicted molar refractivity (Wildman–Crippen MR) is 114 cm³/mol. The maximum absolute atomic E-state index is 14.4. The Kier molecular flexibility index (Phi) is 2.40. The number of hydrogen-bond donors (Lipinski definition) is 1. The van der Waals surface area contributed by atoms with Crippen molar-refractivity contribution in [3.8, 4) is 0 Å². The Labute approximate surface area is 202 Å². The van der Waals surface area contributed by atoms with Gasteiger partial charge in [0.15, 0.2) is 5.58 Å². The van der Waals surface area contributed by atoms with Gasteiger partial charge in [0, 0.05) is 58.1 Å². The Morgan fingerprint density at radius 2 is 2.29 bits per heavy atom. The maximum Gasteiger partial charge on any atom is 0.257 e. The third kappa shape index (κ3) is 3.78. The van der Waals surface area contributed by atoms with Crippen LogP contribution in [0.5, 0.6) is 0 Å². The first-order valence-electron chi connectivity index (χ1n) is 17.4. The van der Waals surface area contributed by atoms with Crippen molar-refractivity contribution < 1.29 is 36.0 Å². The summed E-state index contributed by atoms with van der Waals surface area (Å²) in [7, 11) is 0. The first-order valence-corrected chi connectivity index (χ1v) is 9.41. The molecule has 3 aromatic rings. The number of aliphatic hydroxyl groups is 1. The minimum Gasteiger partial charge on any atom is -0.385 e. The molecule has 0 saturated carbocycles. The third-order valence-electron chi connectivity index (χ3n) is 4.98. The molecule has 4 heterocycles. The largest absolute Gasteiger partial charge is 0.385 e. The molecule has 1 aromatic carbocycles. The van der Waals surface area contributed by atoms with Crippen LogP contribution in [-0.4, -0.2) is 44.3 Å². The van der Waals surface area contributed by atoms with Crippen molar-refractivity contribution in [2.24, 2.45) is 0 Å². The number of rotatable bonds is 4. The van der Waals surface area contributed by atoms with Crippen molar-refractivity contribution in [1.82, 2.24) is 19.6 Å². The van der Waals surface area contributed by atoms with E-state index >= 15 is 0 Å². The van der Waals surface area contributed by atoms with Crippen LogP contribution < -0.4 is 5.56 Å². The van der Waals surface area contributed by atoms with E-state index in [2.05, 4.69) is 10.1 Å². The van der Waals surface area contributed by atoms with Gasteiger partial charge < -0.3 is 14.5 Å². The lowest BCUT2D eigenvalue weighted by Gasteiger charge is -2.31. The second-order valence-electron chi connectivity index (χ2n) is 6.94. The van der Waals surface area contributed by atoms with Gasteiger partial charge in [-0.05, 0) is 63.9 Å². The second-order valence-corrected chi connectivity index (χ2v) is 6.94. The maximum atomic E-state index is 14.4. The van der Waals surface area contributed by atoms with Crippen LogP contribution >= 0.6 is 0 Å². The van der Waals surface area contributed by atoms with E-state index in [1.54, 1.807) is 0 Å². The molecule has 5 rings (SSSR count). The first kappa shape index (κ1) is 9.11. The Bertz CT molecular complexity index is 1830. The summed E-state index contributed by atoms with van der Waals surface area (Å²) in [6.07, 6.45) is -10.9. The molecular formula is C23H27FN4O3. The summed E-state index contributed by atoms with van der Waals surface area (Å²) in [6, 6.07) is -3.44. The van der Waals surface area contributed by atoms with E-state index in [1.807, 2.05) is 0 Å². The monoisotopic (exact) mass is 442 g/mol. The zero-order chi connectivity index (χ0) is 35.7. The zero-order valence-corrected chi connectivity index (χ0v) is 16.0. The first-order chi connectivity index (χ1) is 21.2. The molecule has 1 unspecified atom stereocenters. The molecule has 1 saturated heterocycles. The summed E-state index contributed by atoms with van der Waals surface area (Å²) in [5, 5.41) is 13.0. The van der Waals surface area contributed by atoms with Gasteiger partial charge in [-0.1, -0.05) is 5.16 Å². The standard InChI is InChI=1S/C23H27FN4O3/c1-14-17(23(30)28-9-2-3-19(29)22(28)25-14)8-12-27-10-6-15(7-11-27)21-18-5-4-16(24)13-20(18)31-26-21/h4-5,13,15,19,29H,2-3,6-12H2,1H3/i1D3,4D,5D,6D2,7D2,10D2,11D2,13D,15D,19D. The number of aryl methyl sites for hydroxylation is 1. The predicted octanol–water partition coefficient (Wildman–Crippen LogP) is 3.08. The highest BCUT2D eigenvalue weighted by atomic mass is 19.1. The van der Waals surface area contributed by atoms with Gasteiger partial charge >= 0.3 is 0 Å². The molecule has 1 N–H and O–H groups in total. The molecule has 2 aromatic heterocycles. The molecule has 164 valence electrons. The van der Waals surface area contributed by atoms with Crippen LogP contribution in [0.4, 0.5) is 4.39 Å². The fourth-order valence-corrected chi connectivity index (χ4v) is 3.43. The molecule has 2 aliphatic heterocycles. The number of halogens is 1. The molecular weight excluding hydrogens is 399 g/mol. The molecule has 1 atom stereocenters. The van der Waals surface area contributed by atoms with E-state index in [0.717, 1.165) is 4.57 Å². The van der Waals surface area contributed by atoms with Crippen molar-refractivity contribution in [2.45, 2.75) is 57.4 Å². The lowest BCUT2D eigenvalue weighted by atomic mass is 9.91. The molecule has 7 nitrogen and oxygen atoms in total. The normalized spacial score (nSPS) is 38.1. The van der Waals surface area contributed by atoms with Crippen LogP contribution in [0.3, 0.4) is 0 Å². The quantitative estimate of drug-likeness (QED) is 0.668. The summed E-state index contributed by atoms with van der Waals surface area (Å²) in [5.41, 5.74) is -4.59. The average molecular weight is 443 g/mol. The summed E-state index contributed by atoms with van der Waals surface area (Å²) in [5.74, 6) is -5.82. The minimum absolute atomic E-state index is 0.0514. The summed E-state index contributed by atoms with van der Waals surface area (Å²) in [6.45, 7) is -11.6. The summed E-state index contributed by atoms with van der Waals surface area (Å²) >= 11 is 0. The van der Waals surface area contributed by atoms with Gasteiger partial charge in [0.25, 0.3) is 5.56 Å². The van der Waals surface area contributed by atoms with Gasteiger partial charge in [-0.15, -0.1) is 0 Å². The molecule has 0 amide bonds. The van der Waals surface area contributed by atoms with E-state index in [9.17, 15) is 14.3 Å². The highest BCUT2D eigenvalue weighted by molar-refractivity contribution is 5.79. The van der Waals surface area contributed by atoms with Gasteiger partial charge in [-0.25, -0.2) is 9.37 Å². The van der Waals surface area contributed by atoms with Gasteiger partial charge in [0.05, 0.1) is 11.2 Å². The number of nitrogens with zero attached hydrogens (tertiary/aromatic N) is 4. The Morgan fingerprint density at radius 3 is 3.10 bits per heavy atom. The van der Waals surface area contributed by atoms with Crippen molar-refractivity contribution in [3.05, 3.63) is 57.1 Å². The molecule has 8 heteroatoms. The number of piperidine rings is 1. The molecule has 0 aliphatic carbocycles. The molecule has 0 spiro atoms. The van der Waals surface area contributed by atoms with Gasteiger partial charge in [-0.3, -0.25) is 9.36 Å². The van der Waals surface area contributed by atoms with Crippen molar-refractivity contribution >= 4 is 11.0 Å². The Morgan fingerprint density at radius 1 is 1.45 bits per heavy atom. The SMILES string of the molecule is [2H]c1c(F)c([2H])c2onc(C3([2H])C([2H])([2H])C([2H])([2H])N(CCc4c(C([2H])([2H])[2H])nc5n(c4=O)CCCC5([2H])O)C([2H])([2H])C3([2H])[2H])c2c1[2H]. The van der Waals surface area contributed by atoms with Crippen molar-refractivity contribution in [2.75, 3.05) is 19.5 Å². The minimum atomic E-state index is -3.83. The van der Waals surface area contributed by atoms with E-state index in [-0.39, 0.29) is 24.3 Å². The molecule has 31 heavy (non-hydrogen) atoms.